The number of ketones is 1. The average Bonchev–Trinajstić information content (AvgIpc) is 3.10. The van der Waals surface area contributed by atoms with Crippen LogP contribution in [0.5, 0.6) is 0 Å². The standard InChI is InChI=1S/C22H22BrClO.C22H24BrCl/c23-18-6-7-20(24)19(14-18)21(25)17-4-2-15(3-5-17)16-8-12-22(13-9-16)10-1-11-22;23-20-6-7-21(24)19(15-20)14-16-2-4-17(5-3-16)18-8-12-22(13-9-18)10-1-11-22/h2-7,14,16H,1,8-13H2;2-7,15,18H,1,8-14H2. The first-order valence-electron chi connectivity index (χ1n) is 18.3. The zero-order valence-electron chi connectivity index (χ0n) is 28.3. The molecule has 4 aliphatic carbocycles. The molecule has 8 rings (SSSR count). The summed E-state index contributed by atoms with van der Waals surface area (Å²) < 4.78 is 1.95. The predicted molar refractivity (Wildman–Crippen MR) is 212 cm³/mol. The molecule has 0 N–H and O–H groups in total. The second-order valence-corrected chi connectivity index (χ2v) is 18.1. The van der Waals surface area contributed by atoms with E-state index in [9.17, 15) is 4.79 Å². The monoisotopic (exact) mass is 818 g/mol. The van der Waals surface area contributed by atoms with E-state index < -0.39 is 0 Å². The van der Waals surface area contributed by atoms with Crippen LogP contribution < -0.4 is 0 Å². The van der Waals surface area contributed by atoms with Crippen LogP contribution in [0.25, 0.3) is 0 Å². The molecule has 0 radical (unpaired) electrons. The third-order valence-corrected chi connectivity index (χ3v) is 14.3. The van der Waals surface area contributed by atoms with E-state index in [0.29, 0.717) is 27.5 Å². The first-order chi connectivity index (χ1) is 23.7. The molecule has 5 heteroatoms. The largest absolute Gasteiger partial charge is 0.289 e. The van der Waals surface area contributed by atoms with Crippen molar-refractivity contribution in [3.8, 4) is 0 Å². The van der Waals surface area contributed by atoms with E-state index in [1.807, 2.05) is 30.3 Å². The molecule has 4 fully saturated rings. The molecule has 4 saturated carbocycles. The number of carbonyl (C=O) groups is 1. The number of benzene rings is 4. The van der Waals surface area contributed by atoms with Crippen molar-refractivity contribution in [3.05, 3.63) is 137 Å². The van der Waals surface area contributed by atoms with E-state index in [-0.39, 0.29) is 5.78 Å². The van der Waals surface area contributed by atoms with Crippen molar-refractivity contribution in [3.63, 3.8) is 0 Å². The van der Waals surface area contributed by atoms with Gasteiger partial charge in [0.05, 0.1) is 5.02 Å². The van der Waals surface area contributed by atoms with Crippen LogP contribution >= 0.6 is 55.1 Å². The summed E-state index contributed by atoms with van der Waals surface area (Å²) in [5.74, 6) is 1.42. The van der Waals surface area contributed by atoms with E-state index in [0.717, 1.165) is 31.7 Å². The number of rotatable bonds is 6. The highest BCUT2D eigenvalue weighted by Gasteiger charge is 2.41. The molecule has 4 aromatic rings. The first-order valence-corrected chi connectivity index (χ1v) is 20.7. The van der Waals surface area contributed by atoms with Gasteiger partial charge in [-0.2, -0.15) is 0 Å². The zero-order chi connectivity index (χ0) is 34.0. The molecule has 4 aromatic carbocycles. The highest BCUT2D eigenvalue weighted by atomic mass is 79.9. The molecule has 0 aliphatic heterocycles. The lowest BCUT2D eigenvalue weighted by molar-refractivity contribution is 0.0693. The Balaban J connectivity index is 0.000000154. The molecule has 0 unspecified atom stereocenters. The van der Waals surface area contributed by atoms with Gasteiger partial charge in [-0.3, -0.25) is 4.79 Å². The summed E-state index contributed by atoms with van der Waals surface area (Å²) in [4.78, 5) is 12.7. The lowest BCUT2D eigenvalue weighted by Gasteiger charge is -2.47. The molecule has 4 aliphatic rings. The Kier molecular flexibility index (Phi) is 11.1. The van der Waals surface area contributed by atoms with Gasteiger partial charge in [0.1, 0.15) is 0 Å². The third-order valence-electron chi connectivity index (χ3n) is 12.6. The van der Waals surface area contributed by atoms with E-state index in [2.05, 4.69) is 74.3 Å². The van der Waals surface area contributed by atoms with Crippen molar-refractivity contribution < 1.29 is 4.79 Å². The molecule has 0 atom stereocenters. The summed E-state index contributed by atoms with van der Waals surface area (Å²) in [6.07, 6.45) is 20.7. The van der Waals surface area contributed by atoms with E-state index in [1.165, 1.54) is 112 Å². The van der Waals surface area contributed by atoms with Gasteiger partial charge in [-0.05, 0) is 165 Å². The van der Waals surface area contributed by atoms with Crippen LogP contribution in [-0.2, 0) is 6.42 Å². The van der Waals surface area contributed by atoms with Crippen LogP contribution in [0.4, 0.5) is 0 Å². The lowest BCUT2D eigenvalue weighted by Crippen LogP contribution is -2.33. The van der Waals surface area contributed by atoms with Gasteiger partial charge in [0, 0.05) is 25.1 Å². The Morgan fingerprint density at radius 3 is 1.55 bits per heavy atom. The predicted octanol–water partition coefficient (Wildman–Crippen LogP) is 14.7. The summed E-state index contributed by atoms with van der Waals surface area (Å²) in [6.45, 7) is 0. The Bertz CT molecular complexity index is 1750. The molecule has 0 aromatic heterocycles. The van der Waals surface area contributed by atoms with Crippen LogP contribution in [-0.4, -0.2) is 5.78 Å². The molecule has 2 spiro atoms. The van der Waals surface area contributed by atoms with Gasteiger partial charge in [-0.1, -0.05) is 116 Å². The summed E-state index contributed by atoms with van der Waals surface area (Å²) >= 11 is 19.5. The highest BCUT2D eigenvalue weighted by Crippen LogP contribution is 2.55. The van der Waals surface area contributed by atoms with E-state index >= 15 is 0 Å². The number of carbonyl (C=O) groups excluding carboxylic acids is 1. The summed E-state index contributed by atoms with van der Waals surface area (Å²) in [5, 5.41) is 1.34. The minimum atomic E-state index is -0.0186. The zero-order valence-corrected chi connectivity index (χ0v) is 32.9. The van der Waals surface area contributed by atoms with Gasteiger partial charge in [0.2, 0.25) is 0 Å². The lowest BCUT2D eigenvalue weighted by atomic mass is 9.58. The Morgan fingerprint density at radius 1 is 0.592 bits per heavy atom. The van der Waals surface area contributed by atoms with Crippen molar-refractivity contribution in [2.45, 2.75) is 108 Å². The maximum Gasteiger partial charge on any atom is 0.194 e. The van der Waals surface area contributed by atoms with Crippen molar-refractivity contribution in [2.75, 3.05) is 0 Å². The minimum Gasteiger partial charge on any atom is -0.289 e. The molecule has 256 valence electrons. The fourth-order valence-electron chi connectivity index (χ4n) is 9.02. The Morgan fingerprint density at radius 2 is 1.06 bits per heavy atom. The second kappa shape index (κ2) is 15.4. The molecule has 0 saturated heterocycles. The van der Waals surface area contributed by atoms with Crippen LogP contribution in [0.3, 0.4) is 0 Å². The normalized spacial score (nSPS) is 20.9. The van der Waals surface area contributed by atoms with E-state index in [1.54, 1.807) is 12.1 Å². The fraction of sp³-hybridized carbons (Fsp3) is 0.432. The summed E-state index contributed by atoms with van der Waals surface area (Å²) in [6, 6.07) is 29.0. The van der Waals surface area contributed by atoms with Crippen LogP contribution in [0, 0.1) is 10.8 Å². The SMILES string of the molecule is Clc1ccc(Br)cc1Cc1ccc(C2CCC3(CCC3)CC2)cc1.O=C(c1ccc(C2CCC3(CCC3)CC2)cc1)c1cc(Br)ccc1Cl. The van der Waals surface area contributed by atoms with Crippen molar-refractivity contribution in [2.24, 2.45) is 10.8 Å². The van der Waals surface area contributed by atoms with Gasteiger partial charge in [0.25, 0.3) is 0 Å². The topological polar surface area (TPSA) is 17.1 Å². The average molecular weight is 822 g/mol. The van der Waals surface area contributed by atoms with Crippen LogP contribution in [0.2, 0.25) is 10.0 Å². The number of halogens is 4. The molecular weight excluding hydrogens is 775 g/mol. The molecule has 0 amide bonds. The quantitative estimate of drug-likeness (QED) is 0.177. The summed E-state index contributed by atoms with van der Waals surface area (Å²) in [7, 11) is 0. The fourth-order valence-corrected chi connectivity index (χ4v) is 10.2. The van der Waals surface area contributed by atoms with Gasteiger partial charge in [-0.15, -0.1) is 0 Å². The van der Waals surface area contributed by atoms with Crippen molar-refractivity contribution in [1.82, 2.24) is 0 Å². The maximum absolute atomic E-state index is 12.7. The van der Waals surface area contributed by atoms with Gasteiger partial charge < -0.3 is 0 Å². The second-order valence-electron chi connectivity index (χ2n) is 15.5. The van der Waals surface area contributed by atoms with Gasteiger partial charge in [0.15, 0.2) is 5.78 Å². The van der Waals surface area contributed by atoms with Gasteiger partial charge >= 0.3 is 0 Å². The molecular formula is C44H46Br2Cl2O. The van der Waals surface area contributed by atoms with Gasteiger partial charge in [-0.25, -0.2) is 0 Å². The first kappa shape index (κ1) is 35.5. The van der Waals surface area contributed by atoms with Crippen molar-refractivity contribution in [1.29, 1.82) is 0 Å². The highest BCUT2D eigenvalue weighted by molar-refractivity contribution is 9.10. The number of hydrogen-bond donors (Lipinski definition) is 0. The van der Waals surface area contributed by atoms with Crippen LogP contribution in [0.15, 0.2) is 93.9 Å². The minimum absolute atomic E-state index is 0.0186. The molecule has 0 heterocycles. The number of hydrogen-bond acceptors (Lipinski definition) is 1. The Hall–Kier alpha value is -1.91. The molecule has 0 bridgehead atoms. The smallest absolute Gasteiger partial charge is 0.194 e. The molecule has 1 nitrogen and oxygen atoms in total. The third kappa shape index (κ3) is 8.27. The van der Waals surface area contributed by atoms with Crippen molar-refractivity contribution >= 4 is 60.8 Å². The summed E-state index contributed by atoms with van der Waals surface area (Å²) in [5.41, 5.74) is 8.15. The van der Waals surface area contributed by atoms with E-state index in [4.69, 9.17) is 23.2 Å². The molecule has 49 heavy (non-hydrogen) atoms. The van der Waals surface area contributed by atoms with Crippen LogP contribution in [0.1, 0.15) is 140 Å². The Labute approximate surface area is 319 Å². The maximum atomic E-state index is 12.7.